The SMILES string of the molecule is C[C@@H]1C[C@H](C(F)(F)F)n2ncc(C(=O)OC(C)(C)C)c2N1. The second-order valence-corrected chi connectivity index (χ2v) is 6.19. The molecule has 0 radical (unpaired) electrons. The summed E-state index contributed by atoms with van der Waals surface area (Å²) >= 11 is 0. The monoisotopic (exact) mass is 305 g/mol. The van der Waals surface area contributed by atoms with Gasteiger partial charge in [-0.3, -0.25) is 0 Å². The van der Waals surface area contributed by atoms with E-state index in [1.165, 1.54) is 0 Å². The molecule has 118 valence electrons. The summed E-state index contributed by atoms with van der Waals surface area (Å²) < 4.78 is 45.2. The molecule has 5 nitrogen and oxygen atoms in total. The van der Waals surface area contributed by atoms with Gasteiger partial charge in [-0.1, -0.05) is 0 Å². The van der Waals surface area contributed by atoms with E-state index in [0.717, 1.165) is 10.9 Å². The Labute approximate surface area is 120 Å². The van der Waals surface area contributed by atoms with Gasteiger partial charge < -0.3 is 10.1 Å². The summed E-state index contributed by atoms with van der Waals surface area (Å²) in [5, 5.41) is 6.60. The Morgan fingerprint density at radius 3 is 2.57 bits per heavy atom. The van der Waals surface area contributed by atoms with Crippen molar-refractivity contribution >= 4 is 11.8 Å². The number of halogens is 3. The van der Waals surface area contributed by atoms with Crippen molar-refractivity contribution in [2.24, 2.45) is 0 Å². The molecule has 0 unspecified atom stereocenters. The molecule has 0 fully saturated rings. The number of carbonyl (C=O) groups excluding carboxylic acids is 1. The average Bonchev–Trinajstić information content (AvgIpc) is 2.67. The summed E-state index contributed by atoms with van der Waals surface area (Å²) in [6.07, 6.45) is -3.43. The van der Waals surface area contributed by atoms with Crippen molar-refractivity contribution in [3.05, 3.63) is 11.8 Å². The Bertz CT molecular complexity index is 546. The van der Waals surface area contributed by atoms with E-state index < -0.39 is 29.8 Å². The zero-order chi connectivity index (χ0) is 16.0. The first-order valence-corrected chi connectivity index (χ1v) is 6.63. The molecule has 1 aliphatic rings. The lowest BCUT2D eigenvalue weighted by Crippen LogP contribution is -2.38. The minimum absolute atomic E-state index is 0.0192. The normalized spacial score (nSPS) is 22.4. The Kier molecular flexibility index (Phi) is 3.67. The molecule has 2 heterocycles. The maximum absolute atomic E-state index is 13.1. The van der Waals surface area contributed by atoms with Gasteiger partial charge in [0.25, 0.3) is 0 Å². The van der Waals surface area contributed by atoms with Crippen molar-refractivity contribution in [1.29, 1.82) is 0 Å². The van der Waals surface area contributed by atoms with E-state index >= 15 is 0 Å². The first kappa shape index (κ1) is 15.7. The number of aromatic nitrogens is 2. The number of carbonyl (C=O) groups is 1. The van der Waals surface area contributed by atoms with Gasteiger partial charge in [0.2, 0.25) is 0 Å². The summed E-state index contributed by atoms with van der Waals surface area (Å²) in [4.78, 5) is 12.1. The molecular weight excluding hydrogens is 287 g/mol. The largest absolute Gasteiger partial charge is 0.456 e. The molecule has 1 N–H and O–H groups in total. The predicted octanol–water partition coefficient (Wildman–Crippen LogP) is 3.15. The van der Waals surface area contributed by atoms with E-state index in [-0.39, 0.29) is 17.8 Å². The maximum Gasteiger partial charge on any atom is 0.410 e. The summed E-state index contributed by atoms with van der Waals surface area (Å²) in [5.41, 5.74) is -0.707. The standard InChI is InChI=1S/C13H18F3N3O2/c1-7-5-9(13(14,15)16)19-10(18-7)8(6-17-19)11(20)21-12(2,3)4/h6-7,9,18H,5H2,1-4H3/t7-,9-/m1/s1. The Morgan fingerprint density at radius 1 is 1.43 bits per heavy atom. The van der Waals surface area contributed by atoms with Gasteiger partial charge in [0, 0.05) is 6.04 Å². The smallest absolute Gasteiger partial charge is 0.410 e. The van der Waals surface area contributed by atoms with Crippen LogP contribution in [0.3, 0.4) is 0 Å². The fourth-order valence-corrected chi connectivity index (χ4v) is 2.22. The van der Waals surface area contributed by atoms with Gasteiger partial charge in [-0.15, -0.1) is 0 Å². The molecule has 0 aromatic carbocycles. The molecular formula is C13H18F3N3O2. The van der Waals surface area contributed by atoms with E-state index in [1.807, 2.05) is 0 Å². The van der Waals surface area contributed by atoms with Gasteiger partial charge in [-0.05, 0) is 34.1 Å². The van der Waals surface area contributed by atoms with Gasteiger partial charge in [0.05, 0.1) is 6.20 Å². The molecule has 2 atom stereocenters. The fourth-order valence-electron chi connectivity index (χ4n) is 2.22. The molecule has 1 aromatic heterocycles. The van der Waals surface area contributed by atoms with Crippen molar-refractivity contribution in [3.8, 4) is 0 Å². The highest BCUT2D eigenvalue weighted by atomic mass is 19.4. The molecule has 0 aliphatic carbocycles. The van der Waals surface area contributed by atoms with Crippen LogP contribution in [-0.4, -0.2) is 33.6 Å². The van der Waals surface area contributed by atoms with E-state index in [0.29, 0.717) is 0 Å². The first-order valence-electron chi connectivity index (χ1n) is 6.63. The van der Waals surface area contributed by atoms with Crippen molar-refractivity contribution in [2.45, 2.75) is 58.0 Å². The third kappa shape index (κ3) is 3.30. The Hall–Kier alpha value is -1.73. The lowest BCUT2D eigenvalue weighted by atomic mass is 10.1. The third-order valence-electron chi connectivity index (χ3n) is 3.05. The second kappa shape index (κ2) is 4.92. The Morgan fingerprint density at radius 2 is 2.05 bits per heavy atom. The second-order valence-electron chi connectivity index (χ2n) is 6.19. The van der Waals surface area contributed by atoms with Crippen LogP contribution >= 0.6 is 0 Å². The minimum Gasteiger partial charge on any atom is -0.456 e. The number of fused-ring (bicyclic) bond motifs is 1. The zero-order valence-corrected chi connectivity index (χ0v) is 12.3. The highest BCUT2D eigenvalue weighted by Gasteiger charge is 2.46. The Balaban J connectivity index is 2.37. The van der Waals surface area contributed by atoms with Crippen molar-refractivity contribution < 1.29 is 22.7 Å². The van der Waals surface area contributed by atoms with Crippen LogP contribution in [0, 0.1) is 0 Å². The van der Waals surface area contributed by atoms with Gasteiger partial charge in [0.15, 0.2) is 6.04 Å². The topological polar surface area (TPSA) is 56.2 Å². The molecule has 0 amide bonds. The summed E-state index contributed by atoms with van der Waals surface area (Å²) in [5.74, 6) is -0.628. The van der Waals surface area contributed by atoms with Gasteiger partial charge >= 0.3 is 12.1 Å². The quantitative estimate of drug-likeness (QED) is 0.810. The fraction of sp³-hybridized carbons (Fsp3) is 0.692. The highest BCUT2D eigenvalue weighted by Crippen LogP contribution is 2.40. The molecule has 21 heavy (non-hydrogen) atoms. The number of alkyl halides is 3. The third-order valence-corrected chi connectivity index (χ3v) is 3.05. The molecule has 0 bridgehead atoms. The summed E-state index contributed by atoms with van der Waals surface area (Å²) in [6, 6.07) is -2.15. The molecule has 0 saturated carbocycles. The molecule has 0 saturated heterocycles. The number of esters is 1. The molecule has 2 rings (SSSR count). The average molecular weight is 305 g/mol. The lowest BCUT2D eigenvalue weighted by Gasteiger charge is -2.32. The molecule has 1 aliphatic heterocycles. The van der Waals surface area contributed by atoms with E-state index in [2.05, 4.69) is 10.4 Å². The van der Waals surface area contributed by atoms with Crippen LogP contribution in [0.5, 0.6) is 0 Å². The number of hydrogen-bond acceptors (Lipinski definition) is 4. The molecule has 1 aromatic rings. The summed E-state index contributed by atoms with van der Waals surface area (Å²) in [6.45, 7) is 6.70. The first-order chi connectivity index (χ1) is 9.49. The van der Waals surface area contributed by atoms with Crippen molar-refractivity contribution in [3.63, 3.8) is 0 Å². The van der Waals surface area contributed by atoms with E-state index in [4.69, 9.17) is 4.74 Å². The number of ether oxygens (including phenoxy) is 1. The van der Waals surface area contributed by atoms with Gasteiger partial charge in [0.1, 0.15) is 17.0 Å². The molecule has 8 heteroatoms. The number of hydrogen-bond donors (Lipinski definition) is 1. The van der Waals surface area contributed by atoms with E-state index in [1.54, 1.807) is 27.7 Å². The zero-order valence-electron chi connectivity index (χ0n) is 12.3. The summed E-state index contributed by atoms with van der Waals surface area (Å²) in [7, 11) is 0. The van der Waals surface area contributed by atoms with Crippen LogP contribution in [0.25, 0.3) is 0 Å². The van der Waals surface area contributed by atoms with Crippen LogP contribution in [0.2, 0.25) is 0 Å². The van der Waals surface area contributed by atoms with Crippen LogP contribution in [0.4, 0.5) is 19.0 Å². The van der Waals surface area contributed by atoms with Crippen LogP contribution in [0.1, 0.15) is 50.5 Å². The van der Waals surface area contributed by atoms with E-state index in [9.17, 15) is 18.0 Å². The number of rotatable bonds is 1. The predicted molar refractivity (Wildman–Crippen MR) is 70.2 cm³/mol. The maximum atomic E-state index is 13.1. The van der Waals surface area contributed by atoms with Gasteiger partial charge in [-0.25, -0.2) is 9.48 Å². The number of nitrogens with one attached hydrogen (secondary N) is 1. The van der Waals surface area contributed by atoms with Crippen LogP contribution in [-0.2, 0) is 4.74 Å². The van der Waals surface area contributed by atoms with Gasteiger partial charge in [-0.2, -0.15) is 18.3 Å². The number of nitrogens with zero attached hydrogens (tertiary/aromatic N) is 2. The van der Waals surface area contributed by atoms with Crippen LogP contribution < -0.4 is 5.32 Å². The molecule has 0 spiro atoms. The van der Waals surface area contributed by atoms with Crippen molar-refractivity contribution in [1.82, 2.24) is 9.78 Å². The van der Waals surface area contributed by atoms with Crippen LogP contribution in [0.15, 0.2) is 6.20 Å². The minimum atomic E-state index is -4.41. The number of anilines is 1. The van der Waals surface area contributed by atoms with Crippen molar-refractivity contribution in [2.75, 3.05) is 5.32 Å². The highest BCUT2D eigenvalue weighted by molar-refractivity contribution is 5.95. The lowest BCUT2D eigenvalue weighted by molar-refractivity contribution is -0.173.